The number of amides is 1. The SMILES string of the molecule is N#Cc1ccsc1NC(=O)CC1(N)CCC1. The number of anilines is 1. The molecule has 1 aromatic heterocycles. The van der Waals surface area contributed by atoms with Crippen molar-refractivity contribution in [1.82, 2.24) is 0 Å². The number of nitrogens with one attached hydrogen (secondary N) is 1. The summed E-state index contributed by atoms with van der Waals surface area (Å²) in [6.07, 6.45) is 3.27. The smallest absolute Gasteiger partial charge is 0.226 e. The quantitative estimate of drug-likeness (QED) is 0.838. The van der Waals surface area contributed by atoms with E-state index in [0.717, 1.165) is 19.3 Å². The minimum Gasteiger partial charge on any atom is -0.325 e. The van der Waals surface area contributed by atoms with E-state index in [4.69, 9.17) is 11.0 Å². The molecule has 0 unspecified atom stereocenters. The van der Waals surface area contributed by atoms with Gasteiger partial charge in [-0.15, -0.1) is 11.3 Å². The molecular formula is C11H13N3OS. The summed E-state index contributed by atoms with van der Waals surface area (Å²) in [5.41, 5.74) is 6.18. The largest absolute Gasteiger partial charge is 0.325 e. The molecule has 84 valence electrons. The molecule has 0 aromatic carbocycles. The van der Waals surface area contributed by atoms with E-state index in [-0.39, 0.29) is 11.4 Å². The van der Waals surface area contributed by atoms with Crippen LogP contribution < -0.4 is 11.1 Å². The summed E-state index contributed by atoms with van der Waals surface area (Å²) in [5.74, 6) is -0.0962. The Morgan fingerprint density at radius 1 is 1.69 bits per heavy atom. The lowest BCUT2D eigenvalue weighted by Crippen LogP contribution is -2.48. The molecule has 1 saturated carbocycles. The van der Waals surface area contributed by atoms with Gasteiger partial charge in [-0.05, 0) is 30.7 Å². The van der Waals surface area contributed by atoms with Crippen molar-refractivity contribution in [2.75, 3.05) is 5.32 Å². The topological polar surface area (TPSA) is 78.9 Å². The average Bonchev–Trinajstić information content (AvgIpc) is 2.62. The normalized spacial score (nSPS) is 17.2. The zero-order valence-electron chi connectivity index (χ0n) is 8.82. The van der Waals surface area contributed by atoms with Crippen molar-refractivity contribution in [3.8, 4) is 6.07 Å². The first-order chi connectivity index (χ1) is 7.63. The van der Waals surface area contributed by atoms with E-state index in [1.54, 1.807) is 11.4 Å². The number of thiophene rings is 1. The van der Waals surface area contributed by atoms with E-state index in [1.807, 2.05) is 6.07 Å². The maximum Gasteiger partial charge on any atom is 0.226 e. The molecular weight excluding hydrogens is 222 g/mol. The Morgan fingerprint density at radius 2 is 2.44 bits per heavy atom. The number of carbonyl (C=O) groups is 1. The van der Waals surface area contributed by atoms with Crippen molar-refractivity contribution < 1.29 is 4.79 Å². The Labute approximate surface area is 98.1 Å². The minimum atomic E-state index is -0.311. The second-order valence-electron chi connectivity index (χ2n) is 4.22. The van der Waals surface area contributed by atoms with Gasteiger partial charge in [-0.25, -0.2) is 0 Å². The van der Waals surface area contributed by atoms with Crippen molar-refractivity contribution in [2.45, 2.75) is 31.2 Å². The highest BCUT2D eigenvalue weighted by Crippen LogP contribution is 2.32. The highest BCUT2D eigenvalue weighted by atomic mass is 32.1. The van der Waals surface area contributed by atoms with Crippen LogP contribution in [0.1, 0.15) is 31.2 Å². The Hall–Kier alpha value is -1.38. The van der Waals surface area contributed by atoms with Gasteiger partial charge in [0.1, 0.15) is 11.1 Å². The highest BCUT2D eigenvalue weighted by molar-refractivity contribution is 7.14. The summed E-state index contributed by atoms with van der Waals surface area (Å²) in [6, 6.07) is 3.73. The molecule has 2 rings (SSSR count). The predicted octanol–water partition coefficient (Wildman–Crippen LogP) is 1.83. The molecule has 0 radical (unpaired) electrons. The van der Waals surface area contributed by atoms with Gasteiger partial charge < -0.3 is 11.1 Å². The Bertz CT molecular complexity index is 442. The Balaban J connectivity index is 1.95. The molecule has 0 bridgehead atoms. The van der Waals surface area contributed by atoms with Gasteiger partial charge in [-0.3, -0.25) is 4.79 Å². The van der Waals surface area contributed by atoms with Crippen LogP contribution in [0.15, 0.2) is 11.4 Å². The Morgan fingerprint density at radius 3 is 3.00 bits per heavy atom. The van der Waals surface area contributed by atoms with Gasteiger partial charge in [0.2, 0.25) is 5.91 Å². The van der Waals surface area contributed by atoms with Crippen LogP contribution in [0, 0.1) is 11.3 Å². The van der Waals surface area contributed by atoms with Gasteiger partial charge in [0.25, 0.3) is 0 Å². The summed E-state index contributed by atoms with van der Waals surface area (Å²) in [4.78, 5) is 11.7. The average molecular weight is 235 g/mol. The first-order valence-corrected chi connectivity index (χ1v) is 6.07. The molecule has 1 aliphatic carbocycles. The van der Waals surface area contributed by atoms with Gasteiger partial charge in [0.05, 0.1) is 5.56 Å². The summed E-state index contributed by atoms with van der Waals surface area (Å²) in [7, 11) is 0. The van der Waals surface area contributed by atoms with Crippen LogP contribution in [0.25, 0.3) is 0 Å². The molecule has 1 fully saturated rings. The van der Waals surface area contributed by atoms with Crippen molar-refractivity contribution >= 4 is 22.2 Å². The second kappa shape index (κ2) is 4.24. The van der Waals surface area contributed by atoms with Crippen LogP contribution >= 0.6 is 11.3 Å². The fourth-order valence-corrected chi connectivity index (χ4v) is 2.55. The van der Waals surface area contributed by atoms with Gasteiger partial charge >= 0.3 is 0 Å². The Kier molecular flexibility index (Phi) is 2.95. The number of hydrogen-bond acceptors (Lipinski definition) is 4. The minimum absolute atomic E-state index is 0.0962. The molecule has 0 aliphatic heterocycles. The summed E-state index contributed by atoms with van der Waals surface area (Å²) in [5, 5.41) is 13.9. The van der Waals surface area contributed by atoms with E-state index in [1.165, 1.54) is 11.3 Å². The van der Waals surface area contributed by atoms with Crippen molar-refractivity contribution in [3.05, 3.63) is 17.0 Å². The van der Waals surface area contributed by atoms with Gasteiger partial charge in [0.15, 0.2) is 0 Å². The molecule has 0 atom stereocenters. The standard InChI is InChI=1S/C11H13N3OS/c12-7-8-2-5-16-10(8)14-9(15)6-11(13)3-1-4-11/h2,5H,1,3-4,6,13H2,(H,14,15). The zero-order valence-corrected chi connectivity index (χ0v) is 9.64. The third-order valence-corrected chi connectivity index (χ3v) is 3.73. The molecule has 0 saturated heterocycles. The summed E-state index contributed by atoms with van der Waals surface area (Å²) in [6.45, 7) is 0. The number of hydrogen-bond donors (Lipinski definition) is 2. The van der Waals surface area contributed by atoms with Crippen LogP contribution in [0.3, 0.4) is 0 Å². The zero-order chi connectivity index (χ0) is 11.6. The molecule has 16 heavy (non-hydrogen) atoms. The molecule has 0 spiro atoms. The van der Waals surface area contributed by atoms with Crippen LogP contribution in [-0.4, -0.2) is 11.4 Å². The number of carbonyl (C=O) groups excluding carboxylic acids is 1. The number of nitrogens with two attached hydrogens (primary N) is 1. The van der Waals surface area contributed by atoms with Gasteiger partial charge in [-0.1, -0.05) is 0 Å². The van der Waals surface area contributed by atoms with Crippen molar-refractivity contribution in [2.24, 2.45) is 5.73 Å². The van der Waals surface area contributed by atoms with Gasteiger partial charge in [0, 0.05) is 12.0 Å². The first-order valence-electron chi connectivity index (χ1n) is 5.19. The van der Waals surface area contributed by atoms with Crippen LogP contribution in [-0.2, 0) is 4.79 Å². The summed E-state index contributed by atoms with van der Waals surface area (Å²) < 4.78 is 0. The number of nitriles is 1. The molecule has 1 aliphatic rings. The van der Waals surface area contributed by atoms with Gasteiger partial charge in [-0.2, -0.15) is 5.26 Å². The molecule has 4 nitrogen and oxygen atoms in total. The maximum absolute atomic E-state index is 11.7. The molecule has 1 heterocycles. The lowest BCUT2D eigenvalue weighted by atomic mass is 9.75. The fraction of sp³-hybridized carbons (Fsp3) is 0.455. The molecule has 1 aromatic rings. The van der Waals surface area contributed by atoms with Crippen molar-refractivity contribution in [3.63, 3.8) is 0 Å². The lowest BCUT2D eigenvalue weighted by Gasteiger charge is -2.37. The molecule has 5 heteroatoms. The highest BCUT2D eigenvalue weighted by Gasteiger charge is 2.34. The van der Waals surface area contributed by atoms with E-state index in [9.17, 15) is 4.79 Å². The molecule has 3 N–H and O–H groups in total. The lowest BCUT2D eigenvalue weighted by molar-refractivity contribution is -0.118. The fourth-order valence-electron chi connectivity index (χ4n) is 1.79. The predicted molar refractivity (Wildman–Crippen MR) is 63.1 cm³/mol. The van der Waals surface area contributed by atoms with E-state index in [2.05, 4.69) is 5.32 Å². The third kappa shape index (κ3) is 2.23. The second-order valence-corrected chi connectivity index (χ2v) is 5.13. The van der Waals surface area contributed by atoms with Crippen LogP contribution in [0.5, 0.6) is 0 Å². The van der Waals surface area contributed by atoms with E-state index < -0.39 is 0 Å². The van der Waals surface area contributed by atoms with Crippen LogP contribution in [0.2, 0.25) is 0 Å². The van der Waals surface area contributed by atoms with E-state index in [0.29, 0.717) is 17.0 Å². The number of nitrogens with zero attached hydrogens (tertiary/aromatic N) is 1. The third-order valence-electron chi connectivity index (χ3n) is 2.90. The number of rotatable bonds is 3. The monoisotopic (exact) mass is 235 g/mol. The molecule has 1 amide bonds. The summed E-state index contributed by atoms with van der Waals surface area (Å²) >= 11 is 1.36. The maximum atomic E-state index is 11.7. The first kappa shape index (κ1) is 11.1. The van der Waals surface area contributed by atoms with Crippen LogP contribution in [0.4, 0.5) is 5.00 Å². The van der Waals surface area contributed by atoms with Crippen molar-refractivity contribution in [1.29, 1.82) is 5.26 Å². The van der Waals surface area contributed by atoms with E-state index >= 15 is 0 Å².